The van der Waals surface area contributed by atoms with Crippen LogP contribution < -0.4 is 15.0 Å². The Bertz CT molecular complexity index is 1170. The molecule has 0 fully saturated rings. The summed E-state index contributed by atoms with van der Waals surface area (Å²) in [5.41, 5.74) is 0.724. The van der Waals surface area contributed by atoms with Crippen LogP contribution in [0.4, 0.5) is 5.69 Å². The summed E-state index contributed by atoms with van der Waals surface area (Å²) in [5, 5.41) is 5.57. The number of halogens is 1. The third kappa shape index (κ3) is 5.07. The average molecular weight is 488 g/mol. The molecule has 1 aromatic carbocycles. The molecule has 7 nitrogen and oxygen atoms in total. The van der Waals surface area contributed by atoms with E-state index in [-0.39, 0.29) is 23.3 Å². The highest BCUT2D eigenvalue weighted by Crippen LogP contribution is 2.34. The van der Waals surface area contributed by atoms with Crippen LogP contribution in [0.5, 0.6) is 5.75 Å². The third-order valence-corrected chi connectivity index (χ3v) is 6.53. The second kappa shape index (κ2) is 10.1. The van der Waals surface area contributed by atoms with Crippen molar-refractivity contribution in [3.8, 4) is 5.75 Å². The van der Waals surface area contributed by atoms with Crippen LogP contribution >= 0.6 is 34.7 Å². The summed E-state index contributed by atoms with van der Waals surface area (Å²) in [5.74, 6) is 0.599. The summed E-state index contributed by atoms with van der Waals surface area (Å²) < 4.78 is 10.5. The van der Waals surface area contributed by atoms with Gasteiger partial charge in [-0.3, -0.25) is 14.5 Å². The van der Waals surface area contributed by atoms with Gasteiger partial charge in [-0.25, -0.2) is 4.99 Å². The van der Waals surface area contributed by atoms with Crippen LogP contribution in [-0.4, -0.2) is 29.8 Å². The highest BCUT2D eigenvalue weighted by atomic mass is 35.5. The first-order valence-electron chi connectivity index (χ1n) is 9.49. The Kier molecular flexibility index (Phi) is 6.99. The minimum absolute atomic E-state index is 0.103. The molecule has 0 saturated heterocycles. The van der Waals surface area contributed by atoms with Gasteiger partial charge in [-0.15, -0.1) is 11.3 Å². The van der Waals surface area contributed by atoms with E-state index in [1.54, 1.807) is 47.7 Å². The molecule has 10 heteroatoms. The van der Waals surface area contributed by atoms with Crippen molar-refractivity contribution in [2.75, 3.05) is 17.8 Å². The maximum absolute atomic E-state index is 13.1. The van der Waals surface area contributed by atoms with Crippen molar-refractivity contribution in [3.05, 3.63) is 75.5 Å². The summed E-state index contributed by atoms with van der Waals surface area (Å²) in [7, 11) is 1.52. The van der Waals surface area contributed by atoms with Gasteiger partial charge in [0.1, 0.15) is 17.2 Å². The van der Waals surface area contributed by atoms with E-state index < -0.39 is 0 Å². The SMILES string of the molecule is COc1ccc(N2C(=O)/C(=C\c3ccco3)N=C2SCC(=O)NCc2cccs2)cc1Cl. The van der Waals surface area contributed by atoms with Gasteiger partial charge in [0, 0.05) is 11.0 Å². The molecule has 0 aliphatic carbocycles. The van der Waals surface area contributed by atoms with Gasteiger partial charge in [0.2, 0.25) is 5.91 Å². The quantitative estimate of drug-likeness (QED) is 0.484. The number of aliphatic imine (C=N–C) groups is 1. The second-order valence-electron chi connectivity index (χ2n) is 6.54. The highest BCUT2D eigenvalue weighted by Gasteiger charge is 2.33. The molecule has 0 bridgehead atoms. The molecule has 0 radical (unpaired) electrons. The number of amides is 2. The van der Waals surface area contributed by atoms with E-state index in [1.165, 1.54) is 30.0 Å². The second-order valence-corrected chi connectivity index (χ2v) is 8.93. The van der Waals surface area contributed by atoms with Crippen molar-refractivity contribution < 1.29 is 18.7 Å². The first kappa shape index (κ1) is 22.2. The summed E-state index contributed by atoms with van der Waals surface area (Å²) in [6.07, 6.45) is 3.08. The Balaban J connectivity index is 1.54. The van der Waals surface area contributed by atoms with Gasteiger partial charge < -0.3 is 14.5 Å². The Morgan fingerprint density at radius 1 is 1.34 bits per heavy atom. The molecular weight excluding hydrogens is 470 g/mol. The first-order valence-corrected chi connectivity index (χ1v) is 11.7. The minimum atomic E-state index is -0.343. The van der Waals surface area contributed by atoms with Crippen LogP contribution in [0.3, 0.4) is 0 Å². The van der Waals surface area contributed by atoms with Crippen LogP contribution in [0, 0.1) is 0 Å². The number of furan rings is 1. The van der Waals surface area contributed by atoms with Crippen molar-refractivity contribution in [1.82, 2.24) is 5.32 Å². The molecule has 3 heterocycles. The topological polar surface area (TPSA) is 84.1 Å². The number of amidine groups is 1. The number of rotatable bonds is 7. The number of anilines is 1. The molecule has 0 spiro atoms. The Hall–Kier alpha value is -3.01. The number of nitrogens with one attached hydrogen (secondary N) is 1. The lowest BCUT2D eigenvalue weighted by Crippen LogP contribution is -2.32. The van der Waals surface area contributed by atoms with E-state index in [0.717, 1.165) is 4.88 Å². The molecule has 0 saturated carbocycles. The third-order valence-electron chi connectivity index (χ3n) is 4.42. The van der Waals surface area contributed by atoms with Gasteiger partial charge in [0.05, 0.1) is 36.4 Å². The standard InChI is InChI=1S/C22H18ClN3O4S2/c1-29-19-7-6-14(10-17(19)23)26-21(28)18(11-15-4-2-8-30-15)25-22(26)32-13-20(27)24-12-16-5-3-9-31-16/h2-11H,12-13H2,1H3,(H,24,27)/b18-11+. The Morgan fingerprint density at radius 3 is 2.91 bits per heavy atom. The fourth-order valence-corrected chi connectivity index (χ4v) is 4.64. The molecule has 1 aliphatic rings. The summed E-state index contributed by atoms with van der Waals surface area (Å²) in [6, 6.07) is 12.4. The fourth-order valence-electron chi connectivity index (χ4n) is 2.90. The number of benzene rings is 1. The van der Waals surface area contributed by atoms with Crippen molar-refractivity contribution in [2.45, 2.75) is 6.54 Å². The van der Waals surface area contributed by atoms with Crippen LogP contribution in [0.25, 0.3) is 6.08 Å². The molecule has 2 aromatic heterocycles. The van der Waals surface area contributed by atoms with Crippen molar-refractivity contribution in [2.24, 2.45) is 4.99 Å². The maximum Gasteiger partial charge on any atom is 0.283 e. The lowest BCUT2D eigenvalue weighted by molar-refractivity contribution is -0.118. The number of nitrogens with zero attached hydrogens (tertiary/aromatic N) is 2. The predicted octanol–water partition coefficient (Wildman–Crippen LogP) is 4.80. The van der Waals surface area contributed by atoms with Gasteiger partial charge in [0.25, 0.3) is 5.91 Å². The highest BCUT2D eigenvalue weighted by molar-refractivity contribution is 8.14. The largest absolute Gasteiger partial charge is 0.495 e. The zero-order chi connectivity index (χ0) is 22.5. The smallest absolute Gasteiger partial charge is 0.283 e. The zero-order valence-electron chi connectivity index (χ0n) is 16.9. The van der Waals surface area contributed by atoms with Crippen LogP contribution in [0.1, 0.15) is 10.6 Å². The molecule has 1 aliphatic heterocycles. The van der Waals surface area contributed by atoms with E-state index in [4.69, 9.17) is 20.8 Å². The van der Waals surface area contributed by atoms with Crippen molar-refractivity contribution in [3.63, 3.8) is 0 Å². The Labute approximate surface area is 197 Å². The number of carbonyl (C=O) groups is 2. The zero-order valence-corrected chi connectivity index (χ0v) is 19.3. The maximum atomic E-state index is 13.1. The first-order chi connectivity index (χ1) is 15.5. The summed E-state index contributed by atoms with van der Waals surface area (Å²) in [4.78, 5) is 32.4. The monoisotopic (exact) mass is 487 g/mol. The number of hydrogen-bond acceptors (Lipinski definition) is 7. The molecule has 0 atom stereocenters. The molecule has 4 rings (SSSR count). The number of carbonyl (C=O) groups excluding carboxylic acids is 2. The van der Waals surface area contributed by atoms with Gasteiger partial charge in [-0.1, -0.05) is 29.4 Å². The summed E-state index contributed by atoms with van der Waals surface area (Å²) in [6.45, 7) is 0.462. The molecule has 1 N–H and O–H groups in total. The average Bonchev–Trinajstić information content (AvgIpc) is 3.54. The normalized spacial score (nSPS) is 14.7. The van der Waals surface area contributed by atoms with Crippen LogP contribution in [0.15, 0.2) is 69.2 Å². The molecule has 32 heavy (non-hydrogen) atoms. The number of methoxy groups -OCH3 is 1. The van der Waals surface area contributed by atoms with Crippen molar-refractivity contribution >= 4 is 63.4 Å². The molecule has 3 aromatic rings. The van der Waals surface area contributed by atoms with E-state index >= 15 is 0 Å². The molecular formula is C22H18ClN3O4S2. The predicted molar refractivity (Wildman–Crippen MR) is 128 cm³/mol. The van der Waals surface area contributed by atoms with Gasteiger partial charge >= 0.3 is 0 Å². The molecule has 164 valence electrons. The molecule has 0 unspecified atom stereocenters. The van der Waals surface area contributed by atoms with Crippen LogP contribution in [0.2, 0.25) is 5.02 Å². The number of ether oxygens (including phenoxy) is 1. The molecule has 2 amide bonds. The van der Waals surface area contributed by atoms with Crippen molar-refractivity contribution in [1.29, 1.82) is 0 Å². The van der Waals surface area contributed by atoms with E-state index in [1.807, 2.05) is 17.5 Å². The van der Waals surface area contributed by atoms with Gasteiger partial charge in [0.15, 0.2) is 5.17 Å². The fraction of sp³-hybridized carbons (Fsp3) is 0.136. The lowest BCUT2D eigenvalue weighted by atomic mass is 10.2. The number of thiophene rings is 1. The minimum Gasteiger partial charge on any atom is -0.495 e. The summed E-state index contributed by atoms with van der Waals surface area (Å²) >= 11 is 9.01. The van der Waals surface area contributed by atoms with E-state index in [2.05, 4.69) is 10.3 Å². The van der Waals surface area contributed by atoms with Crippen LogP contribution in [-0.2, 0) is 16.1 Å². The van der Waals surface area contributed by atoms with E-state index in [9.17, 15) is 9.59 Å². The van der Waals surface area contributed by atoms with Gasteiger partial charge in [-0.2, -0.15) is 0 Å². The number of thioether (sulfide) groups is 1. The number of hydrogen-bond donors (Lipinski definition) is 1. The Morgan fingerprint density at radius 2 is 2.22 bits per heavy atom. The van der Waals surface area contributed by atoms with Gasteiger partial charge in [-0.05, 0) is 41.8 Å². The lowest BCUT2D eigenvalue weighted by Gasteiger charge is -2.18. The van der Waals surface area contributed by atoms with E-state index in [0.29, 0.717) is 33.9 Å².